The van der Waals surface area contributed by atoms with E-state index in [0.717, 1.165) is 10.9 Å². The lowest BCUT2D eigenvalue weighted by atomic mass is 10.4. The van der Waals surface area contributed by atoms with E-state index >= 15 is 0 Å². The van der Waals surface area contributed by atoms with Gasteiger partial charge in [-0.05, 0) is 0 Å². The Labute approximate surface area is 101 Å². The molecule has 11 heteroatoms. The van der Waals surface area contributed by atoms with Crippen LogP contribution in [0.2, 0.25) is 0 Å². The topological polar surface area (TPSA) is 161 Å². The van der Waals surface area contributed by atoms with Crippen molar-refractivity contribution in [3.8, 4) is 0 Å². The summed E-state index contributed by atoms with van der Waals surface area (Å²) in [6.45, 7) is -0.747. The third kappa shape index (κ3) is 4.51. The Balaban J connectivity index is 2.74. The highest BCUT2D eigenvalue weighted by Crippen LogP contribution is 2.34. The van der Waals surface area contributed by atoms with Crippen LogP contribution in [0.25, 0.3) is 0 Å². The monoisotopic (exact) mass is 280 g/mol. The third-order valence-electron chi connectivity index (χ3n) is 1.93. The average molecular weight is 280 g/mol. The maximum Gasteiger partial charge on any atom is 0.351 e. The SMILES string of the molecule is Nc1ncnc(=O)n1C[C@@H](CO)OCP(=O)(O)O. The van der Waals surface area contributed by atoms with Crippen molar-refractivity contribution in [2.24, 2.45) is 0 Å². The molecule has 0 aliphatic carbocycles. The van der Waals surface area contributed by atoms with Crippen LogP contribution in [0.1, 0.15) is 0 Å². The fourth-order valence-corrected chi connectivity index (χ4v) is 1.52. The molecular weight excluding hydrogens is 267 g/mol. The second-order valence-electron chi connectivity index (χ2n) is 3.39. The molecule has 0 fully saturated rings. The Morgan fingerprint density at radius 3 is 2.67 bits per heavy atom. The van der Waals surface area contributed by atoms with Crippen LogP contribution in [0.5, 0.6) is 0 Å². The molecule has 1 aromatic heterocycles. The molecule has 1 aromatic rings. The van der Waals surface area contributed by atoms with Crippen LogP contribution in [0.15, 0.2) is 11.1 Å². The van der Waals surface area contributed by atoms with E-state index < -0.39 is 32.3 Å². The first-order valence-corrected chi connectivity index (χ1v) is 6.57. The van der Waals surface area contributed by atoms with Crippen LogP contribution < -0.4 is 11.4 Å². The van der Waals surface area contributed by atoms with E-state index in [2.05, 4.69) is 9.97 Å². The van der Waals surface area contributed by atoms with Crippen LogP contribution in [-0.2, 0) is 15.8 Å². The zero-order chi connectivity index (χ0) is 13.8. The number of aliphatic hydroxyl groups excluding tert-OH is 1. The number of nitrogens with zero attached hydrogens (tertiary/aromatic N) is 3. The summed E-state index contributed by atoms with van der Waals surface area (Å²) in [5.74, 6) is -0.131. The molecule has 1 atom stereocenters. The zero-order valence-corrected chi connectivity index (χ0v) is 10.1. The Kier molecular flexibility index (Phi) is 4.93. The van der Waals surface area contributed by atoms with E-state index in [0.29, 0.717) is 0 Å². The lowest BCUT2D eigenvalue weighted by Crippen LogP contribution is -2.34. The minimum atomic E-state index is -4.34. The average Bonchev–Trinajstić information content (AvgIpc) is 2.26. The van der Waals surface area contributed by atoms with Crippen LogP contribution in [0.3, 0.4) is 0 Å². The molecule has 0 amide bonds. The number of nitrogen functional groups attached to an aromatic ring is 1. The lowest BCUT2D eigenvalue weighted by Gasteiger charge is -2.17. The number of hydrogen-bond acceptors (Lipinski definition) is 7. The van der Waals surface area contributed by atoms with Gasteiger partial charge in [-0.25, -0.2) is 9.78 Å². The Hall–Kier alpha value is -1.32. The smallest absolute Gasteiger partial charge is 0.351 e. The number of rotatable bonds is 6. The Bertz CT molecular complexity index is 499. The van der Waals surface area contributed by atoms with Crippen molar-refractivity contribution >= 4 is 13.5 Å². The van der Waals surface area contributed by atoms with Gasteiger partial charge in [-0.3, -0.25) is 9.13 Å². The fourth-order valence-electron chi connectivity index (χ4n) is 1.12. The number of nitrogens with two attached hydrogens (primary N) is 1. The second-order valence-corrected chi connectivity index (χ2v) is 4.98. The molecule has 0 saturated heterocycles. The van der Waals surface area contributed by atoms with Crippen LogP contribution in [0, 0.1) is 0 Å². The van der Waals surface area contributed by atoms with Gasteiger partial charge in [0.25, 0.3) is 0 Å². The van der Waals surface area contributed by atoms with Gasteiger partial charge < -0.3 is 25.4 Å². The molecular formula is C7H13N4O6P. The highest BCUT2D eigenvalue weighted by Gasteiger charge is 2.19. The van der Waals surface area contributed by atoms with Gasteiger partial charge in [-0.2, -0.15) is 4.98 Å². The van der Waals surface area contributed by atoms with Crippen LogP contribution >= 0.6 is 7.60 Å². The van der Waals surface area contributed by atoms with E-state index in [9.17, 15) is 9.36 Å². The van der Waals surface area contributed by atoms with Crippen molar-refractivity contribution in [2.75, 3.05) is 18.7 Å². The molecule has 0 bridgehead atoms. The van der Waals surface area contributed by atoms with Crippen molar-refractivity contribution < 1.29 is 24.2 Å². The minimum Gasteiger partial charge on any atom is -0.394 e. The van der Waals surface area contributed by atoms with E-state index in [-0.39, 0.29) is 12.5 Å². The van der Waals surface area contributed by atoms with Crippen LogP contribution in [-0.4, -0.2) is 48.5 Å². The molecule has 1 rings (SSSR count). The van der Waals surface area contributed by atoms with E-state index in [1.165, 1.54) is 0 Å². The molecule has 0 saturated carbocycles. The number of ether oxygens (including phenoxy) is 1. The maximum atomic E-state index is 11.3. The molecule has 0 aromatic carbocycles. The number of hydrogen-bond donors (Lipinski definition) is 4. The molecule has 5 N–H and O–H groups in total. The van der Waals surface area contributed by atoms with Crippen LogP contribution in [0.4, 0.5) is 5.95 Å². The first kappa shape index (κ1) is 14.7. The summed E-state index contributed by atoms with van der Waals surface area (Å²) in [4.78, 5) is 35.5. The summed E-state index contributed by atoms with van der Waals surface area (Å²) >= 11 is 0. The predicted octanol–water partition coefficient (Wildman–Crippen LogP) is -2.27. The summed E-state index contributed by atoms with van der Waals surface area (Å²) < 4.78 is 16.3. The molecule has 102 valence electrons. The van der Waals surface area contributed by atoms with E-state index in [1.807, 2.05) is 0 Å². The fraction of sp³-hybridized carbons (Fsp3) is 0.571. The van der Waals surface area contributed by atoms with Gasteiger partial charge in [0.05, 0.1) is 19.3 Å². The maximum absolute atomic E-state index is 11.3. The van der Waals surface area contributed by atoms with Gasteiger partial charge in [-0.15, -0.1) is 0 Å². The van der Waals surface area contributed by atoms with Crippen molar-refractivity contribution in [1.29, 1.82) is 0 Å². The van der Waals surface area contributed by atoms with E-state index in [1.54, 1.807) is 0 Å². The third-order valence-corrected chi connectivity index (χ3v) is 2.42. The highest BCUT2D eigenvalue weighted by molar-refractivity contribution is 7.51. The molecule has 0 spiro atoms. The molecule has 0 unspecified atom stereocenters. The van der Waals surface area contributed by atoms with Crippen molar-refractivity contribution in [1.82, 2.24) is 14.5 Å². The van der Waals surface area contributed by atoms with Gasteiger partial charge in [0.15, 0.2) is 0 Å². The number of aromatic nitrogens is 3. The largest absolute Gasteiger partial charge is 0.394 e. The number of aliphatic hydroxyl groups is 1. The molecule has 10 nitrogen and oxygen atoms in total. The quantitative estimate of drug-likeness (QED) is 0.421. The van der Waals surface area contributed by atoms with Gasteiger partial charge in [-0.1, -0.05) is 0 Å². The van der Waals surface area contributed by atoms with Gasteiger partial charge in [0.1, 0.15) is 12.7 Å². The Morgan fingerprint density at radius 2 is 2.17 bits per heavy atom. The highest BCUT2D eigenvalue weighted by atomic mass is 31.2. The molecule has 18 heavy (non-hydrogen) atoms. The lowest BCUT2D eigenvalue weighted by molar-refractivity contribution is 0.0191. The molecule has 0 aliphatic rings. The Morgan fingerprint density at radius 1 is 1.50 bits per heavy atom. The van der Waals surface area contributed by atoms with Crippen molar-refractivity contribution in [3.63, 3.8) is 0 Å². The predicted molar refractivity (Wildman–Crippen MR) is 59.6 cm³/mol. The molecule has 0 aliphatic heterocycles. The first-order valence-electron chi connectivity index (χ1n) is 4.78. The summed E-state index contributed by atoms with van der Waals surface area (Å²) in [7, 11) is -4.34. The summed E-state index contributed by atoms with van der Waals surface area (Å²) in [6.07, 6.45) is -0.872. The molecule has 0 radical (unpaired) electrons. The minimum absolute atomic E-state index is 0.131. The standard InChI is InChI=1S/C7H13N4O6P/c8-6-9-3-10-7(13)11(6)1-5(2-12)17-4-18(14,15)16/h3,5,12H,1-2,4H2,(H2,14,15,16)(H2,8,9,10,13)/t5-/m0/s1. The van der Waals surface area contributed by atoms with Gasteiger partial charge in [0.2, 0.25) is 5.95 Å². The summed E-state index contributed by atoms with van der Waals surface area (Å²) in [6, 6.07) is 0. The normalized spacial score (nSPS) is 13.5. The second kappa shape index (κ2) is 6.03. The summed E-state index contributed by atoms with van der Waals surface area (Å²) in [5, 5.41) is 8.99. The number of anilines is 1. The van der Waals surface area contributed by atoms with Crippen molar-refractivity contribution in [2.45, 2.75) is 12.6 Å². The van der Waals surface area contributed by atoms with Gasteiger partial charge in [0, 0.05) is 0 Å². The van der Waals surface area contributed by atoms with E-state index in [4.69, 9.17) is 25.4 Å². The zero-order valence-electron chi connectivity index (χ0n) is 9.21. The summed E-state index contributed by atoms with van der Waals surface area (Å²) in [5.41, 5.74) is 4.73. The van der Waals surface area contributed by atoms with Crippen molar-refractivity contribution in [3.05, 3.63) is 16.8 Å². The molecule has 1 heterocycles. The van der Waals surface area contributed by atoms with Gasteiger partial charge >= 0.3 is 13.3 Å². The first-order chi connectivity index (χ1) is 8.33.